The van der Waals surface area contributed by atoms with Crippen LogP contribution in [0.4, 0.5) is 0 Å². The first-order chi connectivity index (χ1) is 13.0. The number of hydrogen-bond donors (Lipinski definition) is 2. The number of carbonyl (C=O) groups is 2. The van der Waals surface area contributed by atoms with Gasteiger partial charge < -0.3 is 19.9 Å². The summed E-state index contributed by atoms with van der Waals surface area (Å²) >= 11 is 0. The SMILES string of the molecule is CCOC(=O)C1=C(C)NC2=C(C(=O)CCC2)[C@H]1c1ccc(O)c(OCC)c1. The molecule has 1 atom stereocenters. The Bertz CT molecular complexity index is 837. The monoisotopic (exact) mass is 371 g/mol. The molecule has 0 unspecified atom stereocenters. The maximum atomic E-state index is 12.8. The Morgan fingerprint density at radius 1 is 1.26 bits per heavy atom. The van der Waals surface area contributed by atoms with Crippen molar-refractivity contribution >= 4 is 11.8 Å². The van der Waals surface area contributed by atoms with Gasteiger partial charge in [0, 0.05) is 29.3 Å². The predicted octanol–water partition coefficient (Wildman–Crippen LogP) is 3.32. The molecule has 0 amide bonds. The zero-order valence-corrected chi connectivity index (χ0v) is 15.9. The van der Waals surface area contributed by atoms with Crippen molar-refractivity contribution in [3.05, 3.63) is 46.3 Å². The lowest BCUT2D eigenvalue weighted by atomic mass is 9.75. The van der Waals surface area contributed by atoms with E-state index in [1.165, 1.54) is 6.07 Å². The molecule has 0 saturated heterocycles. The van der Waals surface area contributed by atoms with Gasteiger partial charge in [-0.25, -0.2) is 4.79 Å². The summed E-state index contributed by atoms with van der Waals surface area (Å²) in [6, 6.07) is 4.97. The minimum atomic E-state index is -0.534. The van der Waals surface area contributed by atoms with Crippen LogP contribution < -0.4 is 10.1 Å². The molecule has 1 aliphatic heterocycles. The highest BCUT2D eigenvalue weighted by molar-refractivity contribution is 6.03. The van der Waals surface area contributed by atoms with E-state index in [0.717, 1.165) is 24.1 Å². The standard InChI is InChI=1S/C21H25NO5/c1-4-26-17-11-13(9-10-15(17)23)19-18(21(25)27-5-2)12(3)22-14-7-6-8-16(24)20(14)19/h9-11,19,22-23H,4-8H2,1-3H3/t19-/m0/s1. The van der Waals surface area contributed by atoms with E-state index in [1.54, 1.807) is 19.1 Å². The van der Waals surface area contributed by atoms with Gasteiger partial charge in [0.2, 0.25) is 0 Å². The van der Waals surface area contributed by atoms with E-state index in [-0.39, 0.29) is 18.1 Å². The van der Waals surface area contributed by atoms with Crippen molar-refractivity contribution < 1.29 is 24.2 Å². The van der Waals surface area contributed by atoms with E-state index in [4.69, 9.17) is 9.47 Å². The van der Waals surface area contributed by atoms with Crippen molar-refractivity contribution in [3.8, 4) is 11.5 Å². The molecular weight excluding hydrogens is 346 g/mol. The van der Waals surface area contributed by atoms with Crippen LogP contribution in [0.1, 0.15) is 51.5 Å². The van der Waals surface area contributed by atoms with Crippen LogP contribution >= 0.6 is 0 Å². The summed E-state index contributed by atoms with van der Waals surface area (Å²) in [5.74, 6) is -0.581. The molecule has 1 aromatic rings. The fourth-order valence-corrected chi connectivity index (χ4v) is 3.78. The lowest BCUT2D eigenvalue weighted by Gasteiger charge is -2.34. The number of ether oxygens (including phenoxy) is 2. The third kappa shape index (κ3) is 3.56. The summed E-state index contributed by atoms with van der Waals surface area (Å²) in [5.41, 5.74) is 3.33. The quantitative estimate of drug-likeness (QED) is 0.773. The molecule has 0 aromatic heterocycles. The van der Waals surface area contributed by atoms with Crippen LogP contribution in [0.15, 0.2) is 40.7 Å². The van der Waals surface area contributed by atoms with Crippen LogP contribution in [0.5, 0.6) is 11.5 Å². The molecule has 3 rings (SSSR count). The van der Waals surface area contributed by atoms with Crippen molar-refractivity contribution in [2.75, 3.05) is 13.2 Å². The summed E-state index contributed by atoms with van der Waals surface area (Å²) in [7, 11) is 0. The van der Waals surface area contributed by atoms with Crippen molar-refractivity contribution in [2.24, 2.45) is 0 Å². The first-order valence-corrected chi connectivity index (χ1v) is 9.34. The molecule has 1 aliphatic carbocycles. The highest BCUT2D eigenvalue weighted by Gasteiger charge is 2.39. The normalized spacial score (nSPS) is 19.5. The van der Waals surface area contributed by atoms with Gasteiger partial charge in [0.25, 0.3) is 0 Å². The van der Waals surface area contributed by atoms with Gasteiger partial charge in [-0.15, -0.1) is 0 Å². The lowest BCUT2D eigenvalue weighted by molar-refractivity contribution is -0.138. The number of hydrogen-bond acceptors (Lipinski definition) is 6. The van der Waals surface area contributed by atoms with E-state index < -0.39 is 11.9 Å². The summed E-state index contributed by atoms with van der Waals surface area (Å²) in [4.78, 5) is 25.5. The molecule has 2 aliphatic rings. The number of carbonyl (C=O) groups excluding carboxylic acids is 2. The Morgan fingerprint density at radius 2 is 2.04 bits per heavy atom. The summed E-state index contributed by atoms with van der Waals surface area (Å²) < 4.78 is 10.8. The van der Waals surface area contributed by atoms with Gasteiger partial charge in [-0.2, -0.15) is 0 Å². The van der Waals surface area contributed by atoms with Crippen molar-refractivity contribution in [1.29, 1.82) is 0 Å². The van der Waals surface area contributed by atoms with Crippen LogP contribution in [-0.2, 0) is 14.3 Å². The van der Waals surface area contributed by atoms with Gasteiger partial charge in [0.05, 0.1) is 18.8 Å². The summed E-state index contributed by atoms with van der Waals surface area (Å²) in [5, 5.41) is 13.3. The second-order valence-corrected chi connectivity index (χ2v) is 6.65. The highest BCUT2D eigenvalue weighted by atomic mass is 16.5. The van der Waals surface area contributed by atoms with Gasteiger partial charge in [-0.1, -0.05) is 6.07 Å². The van der Waals surface area contributed by atoms with Crippen LogP contribution in [0, 0.1) is 0 Å². The molecule has 2 N–H and O–H groups in total. The van der Waals surface area contributed by atoms with E-state index in [2.05, 4.69) is 5.32 Å². The van der Waals surface area contributed by atoms with Crippen molar-refractivity contribution in [2.45, 2.75) is 46.0 Å². The number of rotatable bonds is 5. The zero-order chi connectivity index (χ0) is 19.6. The number of esters is 1. The molecule has 1 heterocycles. The predicted molar refractivity (Wildman–Crippen MR) is 100 cm³/mol. The first kappa shape index (κ1) is 19.0. The largest absolute Gasteiger partial charge is 0.504 e. The molecule has 6 heteroatoms. The molecule has 0 fully saturated rings. The number of aromatic hydroxyl groups is 1. The fraction of sp³-hybridized carbons (Fsp3) is 0.429. The minimum Gasteiger partial charge on any atom is -0.504 e. The van der Waals surface area contributed by atoms with Crippen molar-refractivity contribution in [3.63, 3.8) is 0 Å². The lowest BCUT2D eigenvalue weighted by Crippen LogP contribution is -2.34. The Labute approximate surface area is 158 Å². The summed E-state index contributed by atoms with van der Waals surface area (Å²) in [6.45, 7) is 6.06. The molecule has 0 saturated carbocycles. The molecule has 27 heavy (non-hydrogen) atoms. The smallest absolute Gasteiger partial charge is 0.336 e. The third-order valence-corrected chi connectivity index (χ3v) is 4.89. The molecular formula is C21H25NO5. The highest BCUT2D eigenvalue weighted by Crippen LogP contribution is 2.44. The maximum absolute atomic E-state index is 12.8. The number of nitrogens with one attached hydrogen (secondary N) is 1. The number of Topliss-reactive ketones (excluding diaryl/α,β-unsaturated/α-hetero) is 1. The zero-order valence-electron chi connectivity index (χ0n) is 15.9. The van der Waals surface area contributed by atoms with E-state index in [0.29, 0.717) is 35.6 Å². The third-order valence-electron chi connectivity index (χ3n) is 4.89. The van der Waals surface area contributed by atoms with E-state index in [1.807, 2.05) is 13.8 Å². The maximum Gasteiger partial charge on any atom is 0.336 e. The fourth-order valence-electron chi connectivity index (χ4n) is 3.78. The number of allylic oxidation sites excluding steroid dienone is 3. The van der Waals surface area contributed by atoms with Crippen molar-refractivity contribution in [1.82, 2.24) is 5.32 Å². The van der Waals surface area contributed by atoms with E-state index in [9.17, 15) is 14.7 Å². The Hall–Kier alpha value is -2.76. The van der Waals surface area contributed by atoms with Gasteiger partial charge in [-0.05, 0) is 51.3 Å². The Balaban J connectivity index is 2.17. The summed E-state index contributed by atoms with van der Waals surface area (Å²) in [6.07, 6.45) is 2.02. The van der Waals surface area contributed by atoms with Gasteiger partial charge >= 0.3 is 5.97 Å². The second kappa shape index (κ2) is 7.86. The molecule has 0 spiro atoms. The van der Waals surface area contributed by atoms with Crippen LogP contribution in [0.3, 0.4) is 0 Å². The molecule has 0 bridgehead atoms. The van der Waals surface area contributed by atoms with E-state index >= 15 is 0 Å². The topological polar surface area (TPSA) is 84.9 Å². The Kier molecular flexibility index (Phi) is 5.54. The van der Waals surface area contributed by atoms with Crippen LogP contribution in [0.2, 0.25) is 0 Å². The first-order valence-electron chi connectivity index (χ1n) is 9.34. The Morgan fingerprint density at radius 3 is 2.74 bits per heavy atom. The average molecular weight is 371 g/mol. The average Bonchev–Trinajstić information content (AvgIpc) is 2.63. The minimum absolute atomic E-state index is 0.0251. The molecule has 144 valence electrons. The van der Waals surface area contributed by atoms with Crippen LogP contribution in [0.25, 0.3) is 0 Å². The van der Waals surface area contributed by atoms with Crippen LogP contribution in [-0.4, -0.2) is 30.1 Å². The number of ketones is 1. The number of phenolic OH excluding ortho intramolecular Hbond substituents is 1. The number of dihydropyridines is 1. The van der Waals surface area contributed by atoms with Gasteiger partial charge in [0.1, 0.15) is 0 Å². The molecule has 1 aromatic carbocycles. The number of benzene rings is 1. The molecule has 6 nitrogen and oxygen atoms in total. The second-order valence-electron chi connectivity index (χ2n) is 6.65. The van der Waals surface area contributed by atoms with Gasteiger partial charge in [0.15, 0.2) is 17.3 Å². The van der Waals surface area contributed by atoms with Gasteiger partial charge in [-0.3, -0.25) is 4.79 Å². The number of phenols is 1. The molecule has 0 radical (unpaired) electrons.